The Hall–Kier alpha value is -0.120. The van der Waals surface area contributed by atoms with E-state index in [2.05, 4.69) is 12.2 Å². The van der Waals surface area contributed by atoms with Crippen molar-refractivity contribution in [3.8, 4) is 0 Å². The van der Waals surface area contributed by atoms with Crippen molar-refractivity contribution in [2.45, 2.75) is 19.8 Å². The summed E-state index contributed by atoms with van der Waals surface area (Å²) in [7, 11) is 1.65. The molecule has 72 valence electrons. The number of hydrogen-bond donors (Lipinski definition) is 1. The molecule has 0 aromatic rings. The van der Waals surface area contributed by atoms with Crippen LogP contribution in [0.25, 0.3) is 0 Å². The second kappa shape index (κ2) is 4.80. The van der Waals surface area contributed by atoms with Crippen LogP contribution in [-0.4, -0.2) is 33.6 Å². The summed E-state index contributed by atoms with van der Waals surface area (Å²) in [6, 6.07) is 0. The van der Waals surface area contributed by atoms with Crippen LogP contribution in [0.1, 0.15) is 19.8 Å². The van der Waals surface area contributed by atoms with Gasteiger partial charge in [-0.05, 0) is 19.4 Å². The summed E-state index contributed by atoms with van der Waals surface area (Å²) in [6.07, 6.45) is 2.51. The van der Waals surface area contributed by atoms with Crippen LogP contribution in [0.15, 0.2) is 0 Å². The number of methoxy groups -OCH3 is 1. The molecule has 1 aliphatic rings. The molecule has 1 rings (SSSR count). The Bertz CT molecular complexity index is 122. The molecular weight excluding hydrogens is 154 g/mol. The van der Waals surface area contributed by atoms with Crippen LogP contribution in [0.2, 0.25) is 0 Å². The number of nitrogens with one attached hydrogen (secondary N) is 1. The molecule has 1 heterocycles. The fourth-order valence-electron chi connectivity index (χ4n) is 1.61. The lowest BCUT2D eigenvalue weighted by atomic mass is 9.84. The molecule has 0 amide bonds. The van der Waals surface area contributed by atoms with Crippen molar-refractivity contribution in [2.24, 2.45) is 5.41 Å². The summed E-state index contributed by atoms with van der Waals surface area (Å²) >= 11 is 0. The minimum absolute atomic E-state index is 0.316. The van der Waals surface area contributed by atoms with Crippen molar-refractivity contribution in [1.82, 2.24) is 5.32 Å². The van der Waals surface area contributed by atoms with Gasteiger partial charge in [-0.1, -0.05) is 6.92 Å². The van der Waals surface area contributed by atoms with Crippen LogP contribution in [0, 0.1) is 5.41 Å². The van der Waals surface area contributed by atoms with Crippen LogP contribution in [0.5, 0.6) is 0 Å². The van der Waals surface area contributed by atoms with Crippen molar-refractivity contribution in [3.05, 3.63) is 0 Å². The zero-order chi connectivity index (χ0) is 8.86. The largest absolute Gasteiger partial charge is 0.359 e. The summed E-state index contributed by atoms with van der Waals surface area (Å²) in [5.41, 5.74) is 0.316. The molecule has 1 aliphatic heterocycles. The lowest BCUT2D eigenvalue weighted by Gasteiger charge is -2.33. The van der Waals surface area contributed by atoms with Crippen molar-refractivity contribution in [1.29, 1.82) is 0 Å². The summed E-state index contributed by atoms with van der Waals surface area (Å²) < 4.78 is 10.2. The highest BCUT2D eigenvalue weighted by Gasteiger charge is 2.26. The van der Waals surface area contributed by atoms with Gasteiger partial charge >= 0.3 is 0 Å². The highest BCUT2D eigenvalue weighted by molar-refractivity contribution is 4.80. The van der Waals surface area contributed by atoms with Gasteiger partial charge in [-0.3, -0.25) is 0 Å². The number of rotatable bonds is 4. The Morgan fingerprint density at radius 1 is 1.50 bits per heavy atom. The minimum atomic E-state index is 0.316. The van der Waals surface area contributed by atoms with Crippen LogP contribution in [0.4, 0.5) is 0 Å². The smallest absolute Gasteiger partial charge is 0.146 e. The number of hydrogen-bond acceptors (Lipinski definition) is 3. The predicted octanol–water partition coefficient (Wildman–Crippen LogP) is 0.997. The van der Waals surface area contributed by atoms with Gasteiger partial charge in [-0.15, -0.1) is 0 Å². The third-order valence-electron chi connectivity index (χ3n) is 2.34. The molecule has 1 atom stereocenters. The second-order valence-corrected chi connectivity index (χ2v) is 3.85. The Kier molecular flexibility index (Phi) is 3.98. The molecule has 0 radical (unpaired) electrons. The molecule has 0 aromatic carbocycles. The van der Waals surface area contributed by atoms with Gasteiger partial charge in [0.25, 0.3) is 0 Å². The molecule has 0 saturated carbocycles. The number of ether oxygens (including phenoxy) is 2. The Labute approximate surface area is 74.4 Å². The molecule has 0 spiro atoms. The first kappa shape index (κ1) is 9.96. The molecule has 1 unspecified atom stereocenters. The van der Waals surface area contributed by atoms with Crippen LogP contribution in [0.3, 0.4) is 0 Å². The van der Waals surface area contributed by atoms with E-state index in [0.29, 0.717) is 12.2 Å². The van der Waals surface area contributed by atoms with Gasteiger partial charge in [-0.25, -0.2) is 0 Å². The Morgan fingerprint density at radius 2 is 2.33 bits per heavy atom. The molecule has 0 aliphatic carbocycles. The molecule has 0 bridgehead atoms. The van der Waals surface area contributed by atoms with E-state index in [9.17, 15) is 0 Å². The van der Waals surface area contributed by atoms with Gasteiger partial charge in [0.1, 0.15) is 6.79 Å². The SMILES string of the molecule is COCOCC1(C)CCCNC1. The predicted molar refractivity (Wildman–Crippen MR) is 48.0 cm³/mol. The zero-order valence-corrected chi connectivity index (χ0v) is 8.06. The van der Waals surface area contributed by atoms with Gasteiger partial charge in [0.15, 0.2) is 0 Å². The summed E-state index contributed by atoms with van der Waals surface area (Å²) in [5, 5.41) is 3.38. The van der Waals surface area contributed by atoms with E-state index < -0.39 is 0 Å². The van der Waals surface area contributed by atoms with E-state index in [1.54, 1.807) is 7.11 Å². The summed E-state index contributed by atoms with van der Waals surface area (Å²) in [4.78, 5) is 0. The molecule has 3 nitrogen and oxygen atoms in total. The topological polar surface area (TPSA) is 30.5 Å². The molecule has 3 heteroatoms. The fourth-order valence-corrected chi connectivity index (χ4v) is 1.61. The van der Waals surface area contributed by atoms with E-state index in [0.717, 1.165) is 19.7 Å². The Balaban J connectivity index is 2.17. The van der Waals surface area contributed by atoms with Crippen molar-refractivity contribution >= 4 is 0 Å². The van der Waals surface area contributed by atoms with Gasteiger partial charge in [0.05, 0.1) is 6.61 Å². The van der Waals surface area contributed by atoms with Gasteiger partial charge < -0.3 is 14.8 Å². The van der Waals surface area contributed by atoms with Crippen LogP contribution < -0.4 is 5.32 Å². The van der Waals surface area contributed by atoms with Crippen LogP contribution >= 0.6 is 0 Å². The maximum atomic E-state index is 5.36. The van der Waals surface area contributed by atoms with E-state index in [4.69, 9.17) is 9.47 Å². The Morgan fingerprint density at radius 3 is 2.92 bits per heavy atom. The average molecular weight is 173 g/mol. The minimum Gasteiger partial charge on any atom is -0.359 e. The molecular formula is C9H19NO2. The lowest BCUT2D eigenvalue weighted by molar-refractivity contribution is -0.0654. The maximum Gasteiger partial charge on any atom is 0.146 e. The van der Waals surface area contributed by atoms with Crippen molar-refractivity contribution in [2.75, 3.05) is 33.6 Å². The van der Waals surface area contributed by atoms with Crippen molar-refractivity contribution in [3.63, 3.8) is 0 Å². The van der Waals surface area contributed by atoms with Crippen LogP contribution in [-0.2, 0) is 9.47 Å². The number of piperidine rings is 1. The quantitative estimate of drug-likeness (QED) is 0.508. The molecule has 1 fully saturated rings. The summed E-state index contributed by atoms with van der Waals surface area (Å²) in [6.45, 7) is 5.69. The molecule has 12 heavy (non-hydrogen) atoms. The zero-order valence-electron chi connectivity index (χ0n) is 8.06. The maximum absolute atomic E-state index is 5.36. The lowest BCUT2D eigenvalue weighted by Crippen LogP contribution is -2.41. The molecule has 1 N–H and O–H groups in total. The first-order chi connectivity index (χ1) is 5.77. The van der Waals surface area contributed by atoms with Crippen molar-refractivity contribution < 1.29 is 9.47 Å². The second-order valence-electron chi connectivity index (χ2n) is 3.85. The third-order valence-corrected chi connectivity index (χ3v) is 2.34. The van der Waals surface area contributed by atoms with Gasteiger partial charge in [-0.2, -0.15) is 0 Å². The van der Waals surface area contributed by atoms with E-state index in [1.165, 1.54) is 12.8 Å². The van der Waals surface area contributed by atoms with Gasteiger partial charge in [0.2, 0.25) is 0 Å². The molecule has 1 saturated heterocycles. The third kappa shape index (κ3) is 3.09. The van der Waals surface area contributed by atoms with E-state index >= 15 is 0 Å². The standard InChI is InChI=1S/C9H19NO2/c1-9(7-12-8-11-2)4-3-5-10-6-9/h10H,3-8H2,1-2H3. The molecule has 0 aromatic heterocycles. The monoisotopic (exact) mass is 173 g/mol. The highest BCUT2D eigenvalue weighted by Crippen LogP contribution is 2.25. The fraction of sp³-hybridized carbons (Fsp3) is 1.00. The normalized spacial score (nSPS) is 30.5. The van der Waals surface area contributed by atoms with Gasteiger partial charge in [0, 0.05) is 19.1 Å². The van der Waals surface area contributed by atoms with E-state index in [-0.39, 0.29) is 0 Å². The first-order valence-electron chi connectivity index (χ1n) is 4.54. The first-order valence-corrected chi connectivity index (χ1v) is 4.54. The summed E-state index contributed by atoms with van der Waals surface area (Å²) in [5.74, 6) is 0. The highest BCUT2D eigenvalue weighted by atomic mass is 16.7. The average Bonchev–Trinajstić information content (AvgIpc) is 2.06. The van der Waals surface area contributed by atoms with E-state index in [1.807, 2.05) is 0 Å².